The molecule has 0 N–H and O–H groups in total. The van der Waals surface area contributed by atoms with Gasteiger partial charge in [-0.3, -0.25) is 0 Å². The molecular weight excluding hydrogens is 279 g/mol. The average Bonchev–Trinajstić information content (AvgIpc) is 2.68. The lowest BCUT2D eigenvalue weighted by Gasteiger charge is -2.13. The molecule has 0 atom stereocenters. The van der Waals surface area contributed by atoms with Crippen LogP contribution in [0.1, 0.15) is 13.8 Å². The van der Waals surface area contributed by atoms with Crippen molar-refractivity contribution in [1.82, 2.24) is 9.78 Å². The lowest BCUT2D eigenvalue weighted by atomic mass is 10.3. The third-order valence-electron chi connectivity index (χ3n) is 2.08. The molecule has 1 aromatic carbocycles. The number of ether oxygens (including phenoxy) is 1. The first-order valence-electron chi connectivity index (χ1n) is 5.18. The van der Waals surface area contributed by atoms with Crippen LogP contribution in [0, 0.1) is 0 Å². The number of hydrogen-bond donors (Lipinski definition) is 0. The van der Waals surface area contributed by atoms with E-state index in [4.69, 9.17) is 27.9 Å². The molecule has 0 radical (unpaired) electrons. The Morgan fingerprint density at radius 1 is 1.33 bits per heavy atom. The van der Waals surface area contributed by atoms with Crippen molar-refractivity contribution in [3.63, 3.8) is 0 Å². The molecule has 2 rings (SSSR count). The second-order valence-corrected chi connectivity index (χ2v) is 4.63. The normalized spacial score (nSPS) is 10.9. The highest BCUT2D eigenvalue weighted by Gasteiger charge is 2.14. The summed E-state index contributed by atoms with van der Waals surface area (Å²) in [7, 11) is 0. The van der Waals surface area contributed by atoms with Crippen LogP contribution in [0.4, 0.5) is 0 Å². The number of rotatable bonds is 3. The van der Waals surface area contributed by atoms with Gasteiger partial charge < -0.3 is 9.15 Å². The molecule has 0 aliphatic rings. The van der Waals surface area contributed by atoms with Gasteiger partial charge in [-0.05, 0) is 19.9 Å². The Bertz CT molecular complexity index is 619. The smallest absolute Gasteiger partial charge is 0.441 e. The standard InChI is InChI=1S/C11H10Cl2N2O3/c1-6(2)18-10-4-9(7(12)3-8(10)13)15-11(16)17-5-14-15/h3-6H,1-2H3. The van der Waals surface area contributed by atoms with Crippen molar-refractivity contribution in [2.24, 2.45) is 0 Å². The summed E-state index contributed by atoms with van der Waals surface area (Å²) < 4.78 is 11.1. The minimum Gasteiger partial charge on any atom is -0.489 e. The first-order chi connectivity index (χ1) is 8.49. The monoisotopic (exact) mass is 288 g/mol. The van der Waals surface area contributed by atoms with Gasteiger partial charge in [0.05, 0.1) is 21.8 Å². The molecular formula is C11H10Cl2N2O3. The highest BCUT2D eigenvalue weighted by molar-refractivity contribution is 6.36. The minimum absolute atomic E-state index is 0.0504. The van der Waals surface area contributed by atoms with Crippen LogP contribution < -0.4 is 10.5 Å². The summed E-state index contributed by atoms with van der Waals surface area (Å²) in [5.74, 6) is -0.198. The zero-order valence-corrected chi connectivity index (χ0v) is 11.2. The van der Waals surface area contributed by atoms with Gasteiger partial charge in [-0.15, -0.1) is 5.10 Å². The van der Waals surface area contributed by atoms with Crippen LogP contribution in [0.5, 0.6) is 5.75 Å². The maximum Gasteiger partial charge on any atom is 0.441 e. The minimum atomic E-state index is -0.630. The maximum absolute atomic E-state index is 11.4. The fourth-order valence-electron chi connectivity index (χ4n) is 1.40. The number of benzene rings is 1. The lowest BCUT2D eigenvalue weighted by molar-refractivity contribution is 0.242. The van der Waals surface area contributed by atoms with Gasteiger partial charge in [-0.25, -0.2) is 4.79 Å². The van der Waals surface area contributed by atoms with Crippen LogP contribution in [0.15, 0.2) is 27.7 Å². The first kappa shape index (κ1) is 13.0. The van der Waals surface area contributed by atoms with E-state index < -0.39 is 5.76 Å². The average molecular weight is 289 g/mol. The fourth-order valence-corrected chi connectivity index (χ4v) is 1.91. The lowest BCUT2D eigenvalue weighted by Crippen LogP contribution is -2.14. The molecule has 5 nitrogen and oxygen atoms in total. The van der Waals surface area contributed by atoms with E-state index in [1.165, 1.54) is 6.07 Å². The summed E-state index contributed by atoms with van der Waals surface area (Å²) in [6, 6.07) is 3.05. The first-order valence-corrected chi connectivity index (χ1v) is 5.93. The molecule has 1 heterocycles. The zero-order chi connectivity index (χ0) is 13.3. The van der Waals surface area contributed by atoms with Crippen LogP contribution in [-0.2, 0) is 0 Å². The molecule has 0 saturated carbocycles. The second-order valence-electron chi connectivity index (χ2n) is 3.82. The maximum atomic E-state index is 11.4. The van der Waals surface area contributed by atoms with E-state index in [0.717, 1.165) is 11.1 Å². The van der Waals surface area contributed by atoms with Crippen LogP contribution in [0.3, 0.4) is 0 Å². The molecule has 18 heavy (non-hydrogen) atoms. The van der Waals surface area contributed by atoms with E-state index in [0.29, 0.717) is 16.5 Å². The van der Waals surface area contributed by atoms with Crippen LogP contribution in [0.2, 0.25) is 10.0 Å². The van der Waals surface area contributed by atoms with E-state index in [1.54, 1.807) is 6.07 Å². The van der Waals surface area contributed by atoms with Gasteiger partial charge in [0.15, 0.2) is 0 Å². The molecule has 0 bridgehead atoms. The summed E-state index contributed by atoms with van der Waals surface area (Å²) in [6.45, 7) is 3.74. The molecule has 2 aromatic rings. The van der Waals surface area contributed by atoms with E-state index >= 15 is 0 Å². The number of nitrogens with zero attached hydrogens (tertiary/aromatic N) is 2. The summed E-state index contributed by atoms with van der Waals surface area (Å²) in [4.78, 5) is 11.4. The summed E-state index contributed by atoms with van der Waals surface area (Å²) >= 11 is 12.0. The molecule has 1 aromatic heterocycles. The Labute approximate surface area is 113 Å². The number of hydrogen-bond acceptors (Lipinski definition) is 4. The quantitative estimate of drug-likeness (QED) is 0.871. The predicted molar refractivity (Wildman–Crippen MR) is 67.9 cm³/mol. The van der Waals surface area contributed by atoms with Gasteiger partial charge in [0.25, 0.3) is 0 Å². The zero-order valence-electron chi connectivity index (χ0n) is 9.68. The molecule has 0 spiro atoms. The molecule has 0 unspecified atom stereocenters. The highest BCUT2D eigenvalue weighted by atomic mass is 35.5. The Hall–Kier alpha value is -1.46. The van der Waals surface area contributed by atoms with Gasteiger partial charge in [-0.1, -0.05) is 23.2 Å². The third-order valence-corrected chi connectivity index (χ3v) is 2.68. The predicted octanol–water partition coefficient (Wildman–Crippen LogP) is 2.92. The SMILES string of the molecule is CC(C)Oc1cc(-n2ncoc2=O)c(Cl)cc1Cl. The van der Waals surface area contributed by atoms with Crippen molar-refractivity contribution in [2.45, 2.75) is 20.0 Å². The van der Waals surface area contributed by atoms with Crippen molar-refractivity contribution in [1.29, 1.82) is 0 Å². The van der Waals surface area contributed by atoms with Gasteiger partial charge in [0, 0.05) is 6.07 Å². The van der Waals surface area contributed by atoms with E-state index in [9.17, 15) is 4.79 Å². The van der Waals surface area contributed by atoms with E-state index in [1.807, 2.05) is 13.8 Å². The molecule has 7 heteroatoms. The van der Waals surface area contributed by atoms with Crippen molar-refractivity contribution < 1.29 is 9.15 Å². The topological polar surface area (TPSA) is 57.3 Å². The molecule has 0 aliphatic carbocycles. The van der Waals surface area contributed by atoms with Crippen LogP contribution in [0.25, 0.3) is 5.69 Å². The van der Waals surface area contributed by atoms with Crippen molar-refractivity contribution >= 4 is 23.2 Å². The largest absolute Gasteiger partial charge is 0.489 e. The Morgan fingerprint density at radius 2 is 2.06 bits per heavy atom. The molecule has 0 fully saturated rings. The fraction of sp³-hybridized carbons (Fsp3) is 0.273. The van der Waals surface area contributed by atoms with Gasteiger partial charge in [-0.2, -0.15) is 4.68 Å². The van der Waals surface area contributed by atoms with E-state index in [-0.39, 0.29) is 11.1 Å². The summed E-state index contributed by atoms with van der Waals surface area (Å²) in [6.07, 6.45) is 0.988. The molecule has 0 amide bonds. The summed E-state index contributed by atoms with van der Waals surface area (Å²) in [5, 5.41) is 4.40. The number of halogens is 2. The molecule has 96 valence electrons. The Balaban J connectivity index is 2.55. The summed E-state index contributed by atoms with van der Waals surface area (Å²) in [5.41, 5.74) is 0.357. The van der Waals surface area contributed by atoms with Gasteiger partial charge in [0.2, 0.25) is 6.39 Å². The molecule has 0 saturated heterocycles. The van der Waals surface area contributed by atoms with Crippen molar-refractivity contribution in [3.05, 3.63) is 39.1 Å². The van der Waals surface area contributed by atoms with Crippen molar-refractivity contribution in [3.8, 4) is 11.4 Å². The van der Waals surface area contributed by atoms with Crippen molar-refractivity contribution in [2.75, 3.05) is 0 Å². The number of aromatic nitrogens is 2. The van der Waals surface area contributed by atoms with Gasteiger partial charge >= 0.3 is 5.76 Å². The van der Waals surface area contributed by atoms with Gasteiger partial charge in [0.1, 0.15) is 5.75 Å². The third kappa shape index (κ3) is 2.52. The van der Waals surface area contributed by atoms with E-state index in [2.05, 4.69) is 9.52 Å². The Morgan fingerprint density at radius 3 is 2.61 bits per heavy atom. The molecule has 0 aliphatic heterocycles. The second kappa shape index (κ2) is 5.04. The highest BCUT2D eigenvalue weighted by Crippen LogP contribution is 2.33. The van der Waals surface area contributed by atoms with Crippen LogP contribution >= 0.6 is 23.2 Å². The van der Waals surface area contributed by atoms with Crippen LogP contribution in [-0.4, -0.2) is 15.9 Å². The Kier molecular flexibility index (Phi) is 3.63.